The molecule has 8 heteroatoms. The molecule has 7 nitrogen and oxygen atoms in total. The minimum atomic E-state index is -0.809. The maximum absolute atomic E-state index is 14.5. The van der Waals surface area contributed by atoms with Crippen LogP contribution in [-0.2, 0) is 16.1 Å². The van der Waals surface area contributed by atoms with E-state index in [1.54, 1.807) is 7.11 Å². The number of nitrogens with one attached hydrogen (secondary N) is 2. The molecule has 2 N–H and O–H groups in total. The first-order chi connectivity index (χ1) is 17.4. The molecule has 5 rings (SSSR count). The number of Topliss-reactive ketones (excluding diaryl/α,β-unsaturated/α-hetero) is 1. The van der Waals surface area contributed by atoms with E-state index in [9.17, 15) is 14.4 Å². The Kier molecular flexibility index (Phi) is 6.40. The molecule has 2 fully saturated rings. The number of methoxy groups -OCH3 is 1. The lowest BCUT2D eigenvalue weighted by molar-refractivity contribution is -0.127. The standard InChI is InChI=1S/C28H30FN5O2/c1-18-9-23(34-8-6-28(17-30,21-3-4-21)26(35)16-34)13-27(33-18)32-14-19-10-20(12-22(29)11-19)24-5-7-31-15-25(24)36-2/h5,7,9-13,21,31H,3-4,6,8,14-16H2,1-2H3,(H,32,33). The number of ether oxygens (including phenoxy) is 1. The number of carbonyl (C=O) groups is 1. The molecule has 0 spiro atoms. The summed E-state index contributed by atoms with van der Waals surface area (Å²) in [7, 11) is 1.61. The third-order valence-corrected chi connectivity index (χ3v) is 7.30. The predicted octanol–water partition coefficient (Wildman–Crippen LogP) is 4.31. The molecule has 0 radical (unpaired) electrons. The van der Waals surface area contributed by atoms with E-state index in [0.717, 1.165) is 46.7 Å². The van der Waals surface area contributed by atoms with Crippen molar-refractivity contribution in [3.63, 3.8) is 0 Å². The molecule has 0 amide bonds. The molecule has 1 aliphatic carbocycles. The summed E-state index contributed by atoms with van der Waals surface area (Å²) in [4.78, 5) is 19.6. The van der Waals surface area contributed by atoms with Crippen LogP contribution in [0.3, 0.4) is 0 Å². The molecule has 1 aromatic heterocycles. The molecule has 1 saturated heterocycles. The summed E-state index contributed by atoms with van der Waals surface area (Å²) in [5.74, 6) is 1.33. The average molecular weight is 488 g/mol. The minimum absolute atomic E-state index is 0.0201. The molecule has 186 valence electrons. The summed E-state index contributed by atoms with van der Waals surface area (Å²) in [5.41, 5.74) is 3.29. The first-order valence-electron chi connectivity index (χ1n) is 12.3. The fraction of sp³-hybridized carbons (Fsp3) is 0.393. The van der Waals surface area contributed by atoms with Gasteiger partial charge in [-0.05, 0) is 79.8 Å². The third kappa shape index (κ3) is 4.66. The Morgan fingerprint density at radius 3 is 2.86 bits per heavy atom. The zero-order valence-corrected chi connectivity index (χ0v) is 20.6. The normalized spacial score (nSPS) is 21.7. The number of allylic oxidation sites excluding steroid dienone is 2. The Bertz CT molecular complexity index is 1290. The summed E-state index contributed by atoms with van der Waals surface area (Å²) < 4.78 is 20.0. The number of ketones is 1. The largest absolute Gasteiger partial charge is 0.499 e. The number of nitriles is 1. The van der Waals surface area contributed by atoms with Gasteiger partial charge in [0.05, 0.1) is 26.3 Å². The van der Waals surface area contributed by atoms with Crippen molar-refractivity contribution in [1.29, 1.82) is 5.26 Å². The van der Waals surface area contributed by atoms with Crippen molar-refractivity contribution in [2.24, 2.45) is 11.3 Å². The van der Waals surface area contributed by atoms with E-state index in [-0.39, 0.29) is 24.1 Å². The maximum atomic E-state index is 14.5. The van der Waals surface area contributed by atoms with Crippen LogP contribution in [0.4, 0.5) is 15.9 Å². The molecule has 0 bridgehead atoms. The molecule has 2 aromatic rings. The van der Waals surface area contributed by atoms with E-state index in [1.807, 2.05) is 42.3 Å². The number of dihydropyridines is 1. The fourth-order valence-corrected chi connectivity index (χ4v) is 5.23. The SMILES string of the molecule is COC1=C(c2cc(F)cc(CNc3cc(N4CCC(C#N)(C5CC5)C(=O)C4)cc(C)n3)c2)C=CNC1. The van der Waals surface area contributed by atoms with Gasteiger partial charge in [-0.3, -0.25) is 4.79 Å². The zero-order chi connectivity index (χ0) is 25.3. The minimum Gasteiger partial charge on any atom is -0.499 e. The van der Waals surface area contributed by atoms with Crippen LogP contribution in [0.25, 0.3) is 5.57 Å². The van der Waals surface area contributed by atoms with Crippen LogP contribution in [0.2, 0.25) is 0 Å². The first-order valence-corrected chi connectivity index (χ1v) is 12.3. The van der Waals surface area contributed by atoms with E-state index in [2.05, 4.69) is 21.7 Å². The number of nitrogens with zero attached hydrogens (tertiary/aromatic N) is 3. The van der Waals surface area contributed by atoms with Crippen molar-refractivity contribution in [3.8, 4) is 6.07 Å². The van der Waals surface area contributed by atoms with Crippen molar-refractivity contribution < 1.29 is 13.9 Å². The van der Waals surface area contributed by atoms with Crippen molar-refractivity contribution in [3.05, 3.63) is 71.0 Å². The Labute approximate surface area is 210 Å². The second-order valence-corrected chi connectivity index (χ2v) is 9.76. The van der Waals surface area contributed by atoms with Crippen molar-refractivity contribution >= 4 is 22.9 Å². The Morgan fingerprint density at radius 2 is 2.14 bits per heavy atom. The Morgan fingerprint density at radius 1 is 1.31 bits per heavy atom. The summed E-state index contributed by atoms with van der Waals surface area (Å²) >= 11 is 0. The number of hydrogen-bond donors (Lipinski definition) is 2. The molecule has 36 heavy (non-hydrogen) atoms. The monoisotopic (exact) mass is 487 g/mol. The van der Waals surface area contributed by atoms with E-state index in [0.29, 0.717) is 31.9 Å². The second kappa shape index (κ2) is 9.65. The fourth-order valence-electron chi connectivity index (χ4n) is 5.23. The van der Waals surface area contributed by atoms with E-state index in [4.69, 9.17) is 4.74 Å². The number of aromatic nitrogens is 1. The average Bonchev–Trinajstić information content (AvgIpc) is 3.73. The van der Waals surface area contributed by atoms with Gasteiger partial charge in [0.2, 0.25) is 0 Å². The molecule has 1 aromatic carbocycles. The maximum Gasteiger partial charge on any atom is 0.172 e. The number of anilines is 2. The summed E-state index contributed by atoms with van der Waals surface area (Å²) in [5, 5.41) is 16.2. The van der Waals surface area contributed by atoms with Crippen molar-refractivity contribution in [1.82, 2.24) is 10.3 Å². The van der Waals surface area contributed by atoms with Gasteiger partial charge in [0.25, 0.3) is 0 Å². The number of carbonyl (C=O) groups excluding carboxylic acids is 1. The van der Waals surface area contributed by atoms with Crippen molar-refractivity contribution in [2.45, 2.75) is 32.7 Å². The van der Waals surface area contributed by atoms with Crippen LogP contribution >= 0.6 is 0 Å². The molecule has 3 aliphatic rings. The number of hydrogen-bond acceptors (Lipinski definition) is 7. The van der Waals surface area contributed by atoms with Gasteiger partial charge in [-0.15, -0.1) is 0 Å². The highest BCUT2D eigenvalue weighted by atomic mass is 19.1. The summed E-state index contributed by atoms with van der Waals surface area (Å²) in [6, 6.07) is 11.2. The van der Waals surface area contributed by atoms with Crippen LogP contribution in [0.1, 0.15) is 36.1 Å². The van der Waals surface area contributed by atoms with Gasteiger partial charge in [0.15, 0.2) is 5.78 Å². The third-order valence-electron chi connectivity index (χ3n) is 7.30. The van der Waals surface area contributed by atoms with Gasteiger partial charge < -0.3 is 20.3 Å². The molecule has 1 atom stereocenters. The highest BCUT2D eigenvalue weighted by molar-refractivity contribution is 5.93. The smallest absolute Gasteiger partial charge is 0.172 e. The predicted molar refractivity (Wildman–Crippen MR) is 136 cm³/mol. The number of halogens is 1. The number of benzene rings is 1. The number of aryl methyl sites for hydroxylation is 1. The lowest BCUT2D eigenvalue weighted by Crippen LogP contribution is -2.48. The molecule has 2 aliphatic heterocycles. The zero-order valence-electron chi connectivity index (χ0n) is 20.6. The Hall–Kier alpha value is -3.86. The van der Waals surface area contributed by atoms with E-state index in [1.165, 1.54) is 12.1 Å². The number of piperidine rings is 1. The number of pyridine rings is 1. The first kappa shape index (κ1) is 23.9. The molecule has 1 unspecified atom stereocenters. The van der Waals surface area contributed by atoms with Crippen LogP contribution in [0.5, 0.6) is 0 Å². The highest BCUT2D eigenvalue weighted by Crippen LogP contribution is 2.50. The van der Waals surface area contributed by atoms with Crippen LogP contribution in [0.15, 0.2) is 48.4 Å². The lowest BCUT2D eigenvalue weighted by atomic mass is 9.74. The Balaban J connectivity index is 1.32. The van der Waals surface area contributed by atoms with Gasteiger partial charge in [-0.25, -0.2) is 9.37 Å². The van der Waals surface area contributed by atoms with Crippen LogP contribution < -0.4 is 15.5 Å². The van der Waals surface area contributed by atoms with E-state index >= 15 is 0 Å². The van der Waals surface area contributed by atoms with Gasteiger partial charge in [0.1, 0.15) is 22.8 Å². The van der Waals surface area contributed by atoms with Gasteiger partial charge in [-0.1, -0.05) is 0 Å². The molecule has 1 saturated carbocycles. The lowest BCUT2D eigenvalue weighted by Gasteiger charge is -2.37. The van der Waals surface area contributed by atoms with Gasteiger partial charge in [0, 0.05) is 36.1 Å². The van der Waals surface area contributed by atoms with Gasteiger partial charge >= 0.3 is 0 Å². The summed E-state index contributed by atoms with van der Waals surface area (Å²) in [6.45, 7) is 3.74. The molecular formula is C28H30FN5O2. The summed E-state index contributed by atoms with van der Waals surface area (Å²) in [6.07, 6.45) is 6.22. The highest BCUT2D eigenvalue weighted by Gasteiger charge is 2.53. The molecule has 3 heterocycles. The second-order valence-electron chi connectivity index (χ2n) is 9.76. The number of rotatable bonds is 7. The topological polar surface area (TPSA) is 90.3 Å². The molecular weight excluding hydrogens is 457 g/mol. The van der Waals surface area contributed by atoms with Gasteiger partial charge in [-0.2, -0.15) is 5.26 Å². The van der Waals surface area contributed by atoms with Crippen LogP contribution in [0, 0.1) is 35.4 Å². The quantitative estimate of drug-likeness (QED) is 0.601. The van der Waals surface area contributed by atoms with Crippen molar-refractivity contribution in [2.75, 3.05) is 37.0 Å². The van der Waals surface area contributed by atoms with Crippen LogP contribution in [-0.4, -0.2) is 37.5 Å². The van der Waals surface area contributed by atoms with E-state index < -0.39 is 5.41 Å².